The summed E-state index contributed by atoms with van der Waals surface area (Å²) in [5, 5.41) is 0. The third kappa shape index (κ3) is 1.99. The van der Waals surface area contributed by atoms with Crippen LogP contribution in [0.1, 0.15) is 12.1 Å². The van der Waals surface area contributed by atoms with Crippen molar-refractivity contribution in [3.8, 4) is 0 Å². The second-order valence-corrected chi connectivity index (χ2v) is 2.89. The molecule has 0 aliphatic carbocycles. The van der Waals surface area contributed by atoms with E-state index in [0.29, 0.717) is 0 Å². The number of aliphatic imine (C=N–C) groups is 1. The maximum Gasteiger partial charge on any atom is 0.0915 e. The zero-order valence-electron chi connectivity index (χ0n) is 7.85. The molecular weight excluding hydrogens is 171 g/mol. The van der Waals surface area contributed by atoms with E-state index in [1.54, 1.807) is 12.4 Å². The Balaban J connectivity index is 0.000000980. The average molecular weight is 181 g/mol. The topological polar surface area (TPSA) is 25.2 Å². The van der Waals surface area contributed by atoms with Crippen LogP contribution in [0, 0.1) is 0 Å². The Kier molecular flexibility index (Phi) is 3.40. The van der Waals surface area contributed by atoms with Crippen LogP contribution in [0.4, 0.5) is 0 Å². The summed E-state index contributed by atoms with van der Waals surface area (Å²) in [5.41, 5.74) is 2.83. The van der Waals surface area contributed by atoms with E-state index in [-0.39, 0.29) is 8.41 Å². The standard InChI is InChI=1S/C11H10N2.B/c1-9-5-4-8-13-11(9)10-6-2-3-7-12-10;/h2-4,6-8H,1,5H2;. The van der Waals surface area contributed by atoms with Crippen LogP contribution in [0.25, 0.3) is 0 Å². The highest BCUT2D eigenvalue weighted by molar-refractivity contribution is 6.11. The van der Waals surface area contributed by atoms with Gasteiger partial charge >= 0.3 is 0 Å². The maximum atomic E-state index is 4.25. The summed E-state index contributed by atoms with van der Waals surface area (Å²) >= 11 is 0. The van der Waals surface area contributed by atoms with E-state index >= 15 is 0 Å². The molecule has 14 heavy (non-hydrogen) atoms. The zero-order chi connectivity index (χ0) is 9.10. The van der Waals surface area contributed by atoms with Gasteiger partial charge in [0.15, 0.2) is 0 Å². The molecule has 1 aromatic rings. The average Bonchev–Trinajstić information content (AvgIpc) is 2.20. The third-order valence-corrected chi connectivity index (χ3v) is 1.92. The quantitative estimate of drug-likeness (QED) is 0.608. The van der Waals surface area contributed by atoms with E-state index < -0.39 is 0 Å². The molecule has 1 aromatic heterocycles. The molecule has 2 nitrogen and oxygen atoms in total. The number of aromatic nitrogens is 1. The largest absolute Gasteiger partial charge is 0.255 e. The number of allylic oxidation sites excluding steroid dienone is 2. The first kappa shape index (κ1) is 10.4. The molecule has 1 aliphatic heterocycles. The second-order valence-electron chi connectivity index (χ2n) is 2.89. The van der Waals surface area contributed by atoms with Crippen molar-refractivity contribution in [2.45, 2.75) is 6.42 Å². The SMILES string of the molecule is C=C1CC=CN=C1c1ccccn1.[B]. The molecule has 3 heteroatoms. The molecule has 0 fully saturated rings. The Morgan fingerprint density at radius 3 is 2.79 bits per heavy atom. The number of hydrogen-bond acceptors (Lipinski definition) is 2. The van der Waals surface area contributed by atoms with Crippen LogP contribution < -0.4 is 0 Å². The molecular formula is C11H10BN2. The summed E-state index contributed by atoms with van der Waals surface area (Å²) < 4.78 is 0. The van der Waals surface area contributed by atoms with E-state index in [4.69, 9.17) is 0 Å². The Morgan fingerprint density at radius 2 is 2.14 bits per heavy atom. The number of nitrogens with zero attached hydrogens (tertiary/aromatic N) is 2. The molecule has 0 saturated carbocycles. The van der Waals surface area contributed by atoms with E-state index in [0.717, 1.165) is 23.4 Å². The summed E-state index contributed by atoms with van der Waals surface area (Å²) in [4.78, 5) is 8.48. The lowest BCUT2D eigenvalue weighted by Crippen LogP contribution is -2.07. The van der Waals surface area contributed by atoms with Gasteiger partial charge < -0.3 is 0 Å². The van der Waals surface area contributed by atoms with Crippen molar-refractivity contribution in [1.29, 1.82) is 0 Å². The highest BCUT2D eigenvalue weighted by Gasteiger charge is 2.09. The lowest BCUT2D eigenvalue weighted by molar-refractivity contribution is 1.21. The molecule has 2 heterocycles. The van der Waals surface area contributed by atoms with E-state index in [1.807, 2.05) is 24.3 Å². The maximum absolute atomic E-state index is 4.25. The molecule has 0 bridgehead atoms. The zero-order valence-corrected chi connectivity index (χ0v) is 7.85. The van der Waals surface area contributed by atoms with Crippen molar-refractivity contribution in [2.24, 2.45) is 4.99 Å². The highest BCUT2D eigenvalue weighted by Crippen LogP contribution is 2.13. The van der Waals surface area contributed by atoms with Gasteiger partial charge in [-0.3, -0.25) is 9.98 Å². The van der Waals surface area contributed by atoms with Gasteiger partial charge in [-0.1, -0.05) is 18.7 Å². The summed E-state index contributed by atoms with van der Waals surface area (Å²) in [6.07, 6.45) is 6.44. The van der Waals surface area contributed by atoms with Gasteiger partial charge in [0.25, 0.3) is 0 Å². The molecule has 0 atom stereocenters. The van der Waals surface area contributed by atoms with Gasteiger partial charge in [-0.2, -0.15) is 0 Å². The van der Waals surface area contributed by atoms with Crippen molar-refractivity contribution >= 4 is 14.1 Å². The van der Waals surface area contributed by atoms with Crippen molar-refractivity contribution in [3.05, 3.63) is 54.5 Å². The minimum atomic E-state index is 0. The molecule has 3 radical (unpaired) electrons. The highest BCUT2D eigenvalue weighted by atomic mass is 14.8. The van der Waals surface area contributed by atoms with Crippen LogP contribution in [0.5, 0.6) is 0 Å². The van der Waals surface area contributed by atoms with Gasteiger partial charge in [0.05, 0.1) is 11.4 Å². The smallest absolute Gasteiger partial charge is 0.0915 e. The van der Waals surface area contributed by atoms with Crippen LogP contribution in [-0.4, -0.2) is 19.1 Å². The third-order valence-electron chi connectivity index (χ3n) is 1.92. The first-order chi connectivity index (χ1) is 6.38. The van der Waals surface area contributed by atoms with Crippen LogP contribution in [0.15, 0.2) is 53.8 Å². The van der Waals surface area contributed by atoms with Gasteiger partial charge in [-0.15, -0.1) is 0 Å². The van der Waals surface area contributed by atoms with Crippen LogP contribution >= 0.6 is 0 Å². The van der Waals surface area contributed by atoms with Crippen molar-refractivity contribution in [3.63, 3.8) is 0 Å². The molecule has 0 spiro atoms. The summed E-state index contributed by atoms with van der Waals surface area (Å²) in [6.45, 7) is 3.95. The molecule has 0 amide bonds. The fraction of sp³-hybridized carbons (Fsp3) is 0.0909. The molecule has 0 N–H and O–H groups in total. The predicted octanol–water partition coefficient (Wildman–Crippen LogP) is 1.96. The Bertz CT molecular complexity index is 380. The minimum Gasteiger partial charge on any atom is -0.255 e. The Hall–Kier alpha value is -1.64. The monoisotopic (exact) mass is 181 g/mol. The fourth-order valence-corrected chi connectivity index (χ4v) is 1.26. The van der Waals surface area contributed by atoms with E-state index in [2.05, 4.69) is 16.6 Å². The van der Waals surface area contributed by atoms with Gasteiger partial charge in [0.2, 0.25) is 0 Å². The normalized spacial score (nSPS) is 14.6. The molecule has 1 aliphatic rings. The van der Waals surface area contributed by atoms with Gasteiger partial charge in [0.1, 0.15) is 0 Å². The summed E-state index contributed by atoms with van der Waals surface area (Å²) in [7, 11) is 0. The summed E-state index contributed by atoms with van der Waals surface area (Å²) in [5.74, 6) is 0. The first-order valence-electron chi connectivity index (χ1n) is 4.20. The summed E-state index contributed by atoms with van der Waals surface area (Å²) in [6, 6.07) is 5.80. The van der Waals surface area contributed by atoms with Crippen molar-refractivity contribution in [2.75, 3.05) is 0 Å². The number of rotatable bonds is 1. The lowest BCUT2D eigenvalue weighted by Gasteiger charge is -2.09. The molecule has 67 valence electrons. The van der Waals surface area contributed by atoms with Crippen molar-refractivity contribution < 1.29 is 0 Å². The molecule has 0 unspecified atom stereocenters. The predicted molar refractivity (Wildman–Crippen MR) is 59.4 cm³/mol. The van der Waals surface area contributed by atoms with E-state index in [9.17, 15) is 0 Å². The van der Waals surface area contributed by atoms with E-state index in [1.165, 1.54) is 0 Å². The van der Waals surface area contributed by atoms with Crippen LogP contribution in [-0.2, 0) is 0 Å². The van der Waals surface area contributed by atoms with Gasteiger partial charge in [-0.05, 0) is 24.1 Å². The molecule has 2 rings (SSSR count). The first-order valence-corrected chi connectivity index (χ1v) is 4.20. The minimum absolute atomic E-state index is 0. The Morgan fingerprint density at radius 1 is 1.29 bits per heavy atom. The van der Waals surface area contributed by atoms with Crippen LogP contribution in [0.2, 0.25) is 0 Å². The molecule has 0 saturated heterocycles. The second kappa shape index (κ2) is 4.56. The Labute approximate surface area is 85.7 Å². The van der Waals surface area contributed by atoms with Crippen molar-refractivity contribution in [1.82, 2.24) is 4.98 Å². The van der Waals surface area contributed by atoms with Gasteiger partial charge in [-0.25, -0.2) is 0 Å². The lowest BCUT2D eigenvalue weighted by atomic mass is 10.0. The molecule has 0 aromatic carbocycles. The number of hydrogen-bond donors (Lipinski definition) is 0. The fourth-order valence-electron chi connectivity index (χ4n) is 1.26. The van der Waals surface area contributed by atoms with Gasteiger partial charge in [0, 0.05) is 20.8 Å². The number of pyridine rings is 1. The van der Waals surface area contributed by atoms with Crippen LogP contribution in [0.3, 0.4) is 0 Å².